The smallest absolute Gasteiger partial charge is 0.244 e. The molecule has 1 saturated heterocycles. The van der Waals surface area contributed by atoms with Crippen LogP contribution in [0.15, 0.2) is 65.8 Å². The standard InChI is InChI=1S/C21H23N3O2S/c1-16-13-23-14-18-9-5-10-20(21(16)18)27(25,26)24-12-6-11-22-15-19(24)17-7-3-2-4-8-17/h2-5,7-10,13-14,19,22H,6,11-12,15H2,1H3. The Bertz CT molecular complexity index is 1050. The summed E-state index contributed by atoms with van der Waals surface area (Å²) < 4.78 is 29.2. The molecule has 0 amide bonds. The van der Waals surface area contributed by atoms with E-state index in [1.165, 1.54) is 0 Å². The molecule has 0 bridgehead atoms. The van der Waals surface area contributed by atoms with Crippen LogP contribution in [0.1, 0.15) is 23.6 Å². The van der Waals surface area contributed by atoms with E-state index >= 15 is 0 Å². The lowest BCUT2D eigenvalue weighted by Crippen LogP contribution is -2.37. The predicted molar refractivity (Wildman–Crippen MR) is 107 cm³/mol. The highest BCUT2D eigenvalue weighted by molar-refractivity contribution is 7.89. The van der Waals surface area contributed by atoms with Crippen molar-refractivity contribution in [1.29, 1.82) is 0 Å². The summed E-state index contributed by atoms with van der Waals surface area (Å²) in [7, 11) is -3.67. The number of sulfonamides is 1. The van der Waals surface area contributed by atoms with Gasteiger partial charge < -0.3 is 5.32 Å². The number of hydrogen-bond donors (Lipinski definition) is 1. The van der Waals surface area contributed by atoms with E-state index in [1.54, 1.807) is 28.8 Å². The fourth-order valence-corrected chi connectivity index (χ4v) is 5.76. The van der Waals surface area contributed by atoms with Crippen LogP contribution in [0.25, 0.3) is 10.8 Å². The predicted octanol–water partition coefficient (Wildman–Crippen LogP) is 3.27. The molecule has 4 rings (SSSR count). The molecule has 1 fully saturated rings. The second-order valence-electron chi connectivity index (χ2n) is 6.91. The Labute approximate surface area is 160 Å². The highest BCUT2D eigenvalue weighted by Gasteiger charge is 2.34. The number of aromatic nitrogens is 1. The van der Waals surface area contributed by atoms with Gasteiger partial charge >= 0.3 is 0 Å². The lowest BCUT2D eigenvalue weighted by molar-refractivity contribution is 0.341. The van der Waals surface area contributed by atoms with E-state index in [2.05, 4.69) is 10.3 Å². The first kappa shape index (κ1) is 18.1. The molecule has 3 aromatic rings. The van der Waals surface area contributed by atoms with Gasteiger partial charge in [0.1, 0.15) is 0 Å². The summed E-state index contributed by atoms with van der Waals surface area (Å²) in [4.78, 5) is 4.57. The highest BCUT2D eigenvalue weighted by atomic mass is 32.2. The maximum absolute atomic E-state index is 13.8. The van der Waals surface area contributed by atoms with Gasteiger partial charge in [0.25, 0.3) is 0 Å². The van der Waals surface area contributed by atoms with E-state index in [9.17, 15) is 8.42 Å². The SMILES string of the molecule is Cc1cncc2cccc(S(=O)(=O)N3CCCNCC3c3ccccc3)c12. The first-order chi connectivity index (χ1) is 13.1. The molecule has 0 saturated carbocycles. The molecule has 2 heterocycles. The van der Waals surface area contributed by atoms with Crippen molar-refractivity contribution in [1.82, 2.24) is 14.6 Å². The zero-order valence-electron chi connectivity index (χ0n) is 15.3. The van der Waals surface area contributed by atoms with Crippen LogP contribution in [0.2, 0.25) is 0 Å². The molecule has 1 aliphatic rings. The van der Waals surface area contributed by atoms with Crippen molar-refractivity contribution in [3.63, 3.8) is 0 Å². The van der Waals surface area contributed by atoms with Crippen LogP contribution in [-0.2, 0) is 10.0 Å². The minimum atomic E-state index is -3.67. The number of nitrogens with one attached hydrogen (secondary N) is 1. The number of aryl methyl sites for hydroxylation is 1. The summed E-state index contributed by atoms with van der Waals surface area (Å²) in [5, 5.41) is 4.99. The second kappa shape index (κ2) is 7.38. The lowest BCUT2D eigenvalue weighted by Gasteiger charge is -2.30. The van der Waals surface area contributed by atoms with Gasteiger partial charge in [0, 0.05) is 36.3 Å². The third kappa shape index (κ3) is 3.36. The number of hydrogen-bond acceptors (Lipinski definition) is 4. The number of nitrogens with zero attached hydrogens (tertiary/aromatic N) is 2. The van der Waals surface area contributed by atoms with Crippen molar-refractivity contribution in [3.8, 4) is 0 Å². The third-order valence-electron chi connectivity index (χ3n) is 5.12. The molecular weight excluding hydrogens is 358 g/mol. The van der Waals surface area contributed by atoms with Crippen LogP contribution in [0, 0.1) is 6.92 Å². The Kier molecular flexibility index (Phi) is 4.95. The monoisotopic (exact) mass is 381 g/mol. The van der Waals surface area contributed by atoms with Crippen molar-refractivity contribution in [3.05, 3.63) is 72.1 Å². The molecule has 1 aliphatic heterocycles. The number of benzene rings is 2. The summed E-state index contributed by atoms with van der Waals surface area (Å²) in [5.74, 6) is 0. The van der Waals surface area contributed by atoms with Crippen LogP contribution in [0.5, 0.6) is 0 Å². The second-order valence-corrected chi connectivity index (χ2v) is 8.77. The van der Waals surface area contributed by atoms with Crippen LogP contribution < -0.4 is 5.32 Å². The summed E-state index contributed by atoms with van der Waals surface area (Å²) >= 11 is 0. The molecule has 0 spiro atoms. The maximum Gasteiger partial charge on any atom is 0.244 e. The molecule has 1 atom stereocenters. The number of pyridine rings is 1. The fraction of sp³-hybridized carbons (Fsp3) is 0.286. The molecule has 5 nitrogen and oxygen atoms in total. The van der Waals surface area contributed by atoms with Crippen LogP contribution >= 0.6 is 0 Å². The zero-order chi connectivity index (χ0) is 18.9. The Morgan fingerprint density at radius 3 is 2.70 bits per heavy atom. The summed E-state index contributed by atoms with van der Waals surface area (Å²) in [6, 6.07) is 15.1. The largest absolute Gasteiger partial charge is 0.315 e. The van der Waals surface area contributed by atoms with E-state index in [-0.39, 0.29) is 6.04 Å². The van der Waals surface area contributed by atoms with Gasteiger partial charge in [0.2, 0.25) is 10.0 Å². The average molecular weight is 382 g/mol. The van der Waals surface area contributed by atoms with Gasteiger partial charge in [-0.2, -0.15) is 4.31 Å². The van der Waals surface area contributed by atoms with Gasteiger partial charge in [-0.1, -0.05) is 42.5 Å². The molecule has 0 radical (unpaired) electrons. The van der Waals surface area contributed by atoms with Gasteiger partial charge in [0.15, 0.2) is 0 Å². The maximum atomic E-state index is 13.8. The minimum absolute atomic E-state index is 0.226. The van der Waals surface area contributed by atoms with Gasteiger partial charge in [-0.3, -0.25) is 4.98 Å². The van der Waals surface area contributed by atoms with Crippen LogP contribution in [-0.4, -0.2) is 37.3 Å². The molecule has 1 unspecified atom stereocenters. The summed E-state index contributed by atoms with van der Waals surface area (Å²) in [6.07, 6.45) is 4.23. The normalized spacial score (nSPS) is 19.1. The summed E-state index contributed by atoms with van der Waals surface area (Å²) in [6.45, 7) is 3.82. The van der Waals surface area contributed by atoms with Crippen molar-refractivity contribution < 1.29 is 8.42 Å². The van der Waals surface area contributed by atoms with Crippen molar-refractivity contribution >= 4 is 20.8 Å². The molecule has 2 aromatic carbocycles. The quantitative estimate of drug-likeness (QED) is 0.756. The van der Waals surface area contributed by atoms with Gasteiger partial charge in [-0.05, 0) is 37.1 Å². The highest BCUT2D eigenvalue weighted by Crippen LogP contribution is 2.33. The van der Waals surface area contributed by atoms with Crippen LogP contribution in [0.4, 0.5) is 0 Å². The molecule has 6 heteroatoms. The first-order valence-electron chi connectivity index (χ1n) is 9.20. The lowest BCUT2D eigenvalue weighted by atomic mass is 10.1. The molecule has 1 N–H and O–H groups in total. The number of rotatable bonds is 3. The van der Waals surface area contributed by atoms with Crippen molar-refractivity contribution in [2.75, 3.05) is 19.6 Å². The van der Waals surface area contributed by atoms with Crippen LogP contribution in [0.3, 0.4) is 0 Å². The van der Waals surface area contributed by atoms with Gasteiger partial charge in [-0.25, -0.2) is 8.42 Å². The Morgan fingerprint density at radius 1 is 1.07 bits per heavy atom. The Morgan fingerprint density at radius 2 is 1.89 bits per heavy atom. The Balaban J connectivity index is 1.87. The topological polar surface area (TPSA) is 62.3 Å². The van der Waals surface area contributed by atoms with E-state index < -0.39 is 10.0 Å². The van der Waals surface area contributed by atoms with Crippen molar-refractivity contribution in [2.24, 2.45) is 0 Å². The average Bonchev–Trinajstić information content (AvgIpc) is 2.95. The van der Waals surface area contributed by atoms with E-state index in [0.717, 1.165) is 34.9 Å². The van der Waals surface area contributed by atoms with E-state index in [4.69, 9.17) is 0 Å². The fourth-order valence-electron chi connectivity index (χ4n) is 3.82. The first-order valence-corrected chi connectivity index (χ1v) is 10.6. The molecule has 27 heavy (non-hydrogen) atoms. The Hall–Kier alpha value is -2.28. The third-order valence-corrected chi connectivity index (χ3v) is 7.07. The van der Waals surface area contributed by atoms with E-state index in [0.29, 0.717) is 18.0 Å². The summed E-state index contributed by atoms with van der Waals surface area (Å²) in [5.41, 5.74) is 1.88. The molecular formula is C21H23N3O2S. The zero-order valence-corrected chi connectivity index (χ0v) is 16.1. The molecule has 140 valence electrons. The molecule has 0 aliphatic carbocycles. The van der Waals surface area contributed by atoms with Gasteiger partial charge in [0.05, 0.1) is 10.9 Å². The minimum Gasteiger partial charge on any atom is -0.315 e. The van der Waals surface area contributed by atoms with E-state index in [1.807, 2.05) is 43.3 Å². The van der Waals surface area contributed by atoms with Crippen molar-refractivity contribution in [2.45, 2.75) is 24.3 Å². The molecule has 1 aromatic heterocycles. The van der Waals surface area contributed by atoms with Gasteiger partial charge in [-0.15, -0.1) is 0 Å². The number of fused-ring (bicyclic) bond motifs is 1.